The van der Waals surface area contributed by atoms with E-state index in [1.807, 2.05) is 36.4 Å². The Morgan fingerprint density at radius 1 is 1.21 bits per heavy atom. The molecule has 1 aliphatic rings. The lowest BCUT2D eigenvalue weighted by Crippen LogP contribution is -2.29. The maximum Gasteiger partial charge on any atom is 0.262 e. The van der Waals surface area contributed by atoms with Crippen LogP contribution in [0.4, 0.5) is 0 Å². The zero-order valence-electron chi connectivity index (χ0n) is 16.9. The van der Waals surface area contributed by atoms with Crippen molar-refractivity contribution in [3.8, 4) is 5.75 Å². The third-order valence-corrected chi connectivity index (χ3v) is 5.96. The molecule has 2 aromatic carbocycles. The molecule has 2 heterocycles. The zero-order valence-corrected chi connectivity index (χ0v) is 17.7. The highest BCUT2D eigenvalue weighted by atomic mass is 32.2. The Hall–Kier alpha value is -2.31. The Morgan fingerprint density at radius 3 is 2.76 bits per heavy atom. The number of aryl methyl sites for hydroxylation is 2. The molecule has 0 bridgehead atoms. The predicted octanol–water partition coefficient (Wildman–Crippen LogP) is 4.36. The molecule has 6 heteroatoms. The van der Waals surface area contributed by atoms with Gasteiger partial charge in [0.05, 0.1) is 30.2 Å². The zero-order chi connectivity index (χ0) is 20.2. The Balaban J connectivity index is 1.51. The highest BCUT2D eigenvalue weighted by Gasteiger charge is 2.20. The third-order valence-electron chi connectivity index (χ3n) is 5.02. The van der Waals surface area contributed by atoms with Crippen molar-refractivity contribution in [2.45, 2.75) is 44.5 Å². The largest absolute Gasteiger partial charge is 0.493 e. The maximum atomic E-state index is 13.1. The summed E-state index contributed by atoms with van der Waals surface area (Å²) in [4.78, 5) is 17.9. The summed E-state index contributed by atoms with van der Waals surface area (Å²) < 4.78 is 13.5. The van der Waals surface area contributed by atoms with E-state index in [4.69, 9.17) is 14.5 Å². The Labute approximate surface area is 175 Å². The Kier molecular flexibility index (Phi) is 6.21. The first-order valence-electron chi connectivity index (χ1n) is 10.1. The molecule has 4 rings (SSSR count). The number of rotatable bonds is 7. The molecule has 5 nitrogen and oxygen atoms in total. The first-order valence-corrected chi connectivity index (χ1v) is 11.0. The van der Waals surface area contributed by atoms with Crippen LogP contribution >= 0.6 is 11.8 Å². The quantitative estimate of drug-likeness (QED) is 0.329. The summed E-state index contributed by atoms with van der Waals surface area (Å²) >= 11 is 1.56. The molecule has 0 aliphatic carbocycles. The first kappa shape index (κ1) is 20.0. The number of hydrogen-bond donors (Lipinski definition) is 0. The van der Waals surface area contributed by atoms with E-state index < -0.39 is 0 Å². The standard InChI is InChI=1S/C23H26N2O3S/c1-16-12-17(2)14-19(13-16)28-10-11-29-23-24-21-8-4-3-7-20(21)22(26)25(23)15-18-6-5-9-27-18/h3-4,7-8,12-14,18H,5-6,9-11,15H2,1-2H3/t18-/m1/s1. The average Bonchev–Trinajstić information content (AvgIpc) is 3.20. The van der Waals surface area contributed by atoms with E-state index in [2.05, 4.69) is 19.9 Å². The fourth-order valence-electron chi connectivity index (χ4n) is 3.72. The normalized spacial score (nSPS) is 16.4. The molecule has 1 aliphatic heterocycles. The molecule has 152 valence electrons. The summed E-state index contributed by atoms with van der Waals surface area (Å²) in [6.07, 6.45) is 2.12. The number of ether oxygens (including phenoxy) is 2. The fraction of sp³-hybridized carbons (Fsp3) is 0.391. The van der Waals surface area contributed by atoms with E-state index in [-0.39, 0.29) is 11.7 Å². The highest BCUT2D eigenvalue weighted by molar-refractivity contribution is 7.99. The van der Waals surface area contributed by atoms with E-state index in [1.165, 1.54) is 11.1 Å². The molecule has 1 saturated heterocycles. The van der Waals surface area contributed by atoms with Crippen LogP contribution in [0.1, 0.15) is 24.0 Å². The molecule has 3 aromatic rings. The molecule has 0 spiro atoms. The van der Waals surface area contributed by atoms with Gasteiger partial charge >= 0.3 is 0 Å². The van der Waals surface area contributed by atoms with Gasteiger partial charge in [0.1, 0.15) is 5.75 Å². The average molecular weight is 411 g/mol. The highest BCUT2D eigenvalue weighted by Crippen LogP contribution is 2.22. The van der Waals surface area contributed by atoms with Gasteiger partial charge in [0.25, 0.3) is 5.56 Å². The van der Waals surface area contributed by atoms with Crippen LogP contribution in [0.25, 0.3) is 10.9 Å². The molecule has 29 heavy (non-hydrogen) atoms. The van der Waals surface area contributed by atoms with Gasteiger partial charge in [-0.2, -0.15) is 0 Å². The van der Waals surface area contributed by atoms with E-state index in [0.717, 1.165) is 35.9 Å². The fourth-order valence-corrected chi connectivity index (χ4v) is 4.54. The van der Waals surface area contributed by atoms with Crippen molar-refractivity contribution in [1.29, 1.82) is 0 Å². The molecule has 1 aromatic heterocycles. The minimum absolute atomic E-state index is 0.00354. The molecule has 1 atom stereocenters. The van der Waals surface area contributed by atoms with E-state index in [0.29, 0.717) is 24.3 Å². The van der Waals surface area contributed by atoms with Crippen molar-refractivity contribution in [3.63, 3.8) is 0 Å². The summed E-state index contributed by atoms with van der Waals surface area (Å²) in [5.74, 6) is 1.59. The van der Waals surface area contributed by atoms with Crippen molar-refractivity contribution >= 4 is 22.7 Å². The van der Waals surface area contributed by atoms with Gasteiger partial charge in [0.2, 0.25) is 0 Å². The van der Waals surface area contributed by atoms with E-state index in [9.17, 15) is 4.79 Å². The van der Waals surface area contributed by atoms with E-state index in [1.54, 1.807) is 16.3 Å². The van der Waals surface area contributed by atoms with Gasteiger partial charge in [-0.1, -0.05) is 30.0 Å². The SMILES string of the molecule is Cc1cc(C)cc(OCCSc2nc3ccccc3c(=O)n2C[C@H]2CCCO2)c1. The number of benzene rings is 2. The van der Waals surface area contributed by atoms with Crippen molar-refractivity contribution in [2.24, 2.45) is 0 Å². The number of hydrogen-bond acceptors (Lipinski definition) is 5. The van der Waals surface area contributed by atoms with E-state index >= 15 is 0 Å². The Bertz CT molecular complexity index is 1040. The monoisotopic (exact) mass is 410 g/mol. The predicted molar refractivity (Wildman–Crippen MR) is 117 cm³/mol. The van der Waals surface area contributed by atoms with Crippen molar-refractivity contribution in [3.05, 3.63) is 63.9 Å². The van der Waals surface area contributed by atoms with Crippen LogP contribution in [0.2, 0.25) is 0 Å². The first-order chi connectivity index (χ1) is 14.1. The number of fused-ring (bicyclic) bond motifs is 1. The van der Waals surface area contributed by atoms with Gasteiger partial charge in [-0.3, -0.25) is 9.36 Å². The van der Waals surface area contributed by atoms with Crippen LogP contribution in [0.5, 0.6) is 5.75 Å². The van der Waals surface area contributed by atoms with Gasteiger partial charge in [-0.25, -0.2) is 4.98 Å². The van der Waals surface area contributed by atoms with Gasteiger partial charge in [0, 0.05) is 12.4 Å². The van der Waals surface area contributed by atoms with Crippen LogP contribution in [-0.2, 0) is 11.3 Å². The molecular weight excluding hydrogens is 384 g/mol. The molecule has 1 fully saturated rings. The summed E-state index contributed by atoms with van der Waals surface area (Å²) in [5, 5.41) is 1.38. The molecular formula is C23H26N2O3S. The minimum atomic E-state index is 0.00354. The molecule has 0 amide bonds. The minimum Gasteiger partial charge on any atom is -0.493 e. The van der Waals surface area contributed by atoms with Gasteiger partial charge < -0.3 is 9.47 Å². The summed E-state index contributed by atoms with van der Waals surface area (Å²) in [6.45, 7) is 6.01. The van der Waals surface area contributed by atoms with Gasteiger partial charge in [-0.15, -0.1) is 0 Å². The number of thioether (sulfide) groups is 1. The number of aromatic nitrogens is 2. The van der Waals surface area contributed by atoms with Crippen molar-refractivity contribution in [2.75, 3.05) is 19.0 Å². The topological polar surface area (TPSA) is 53.3 Å². The number of nitrogens with zero attached hydrogens (tertiary/aromatic N) is 2. The lowest BCUT2D eigenvalue weighted by atomic mass is 10.1. The third kappa shape index (κ3) is 4.82. The van der Waals surface area contributed by atoms with Crippen LogP contribution < -0.4 is 10.3 Å². The Morgan fingerprint density at radius 2 is 2.00 bits per heavy atom. The second-order valence-electron chi connectivity index (χ2n) is 7.48. The number of para-hydroxylation sites is 1. The second-order valence-corrected chi connectivity index (χ2v) is 8.54. The van der Waals surface area contributed by atoms with Crippen LogP contribution in [0.15, 0.2) is 52.4 Å². The molecule has 0 radical (unpaired) electrons. The van der Waals surface area contributed by atoms with Gasteiger partial charge in [0.15, 0.2) is 5.16 Å². The smallest absolute Gasteiger partial charge is 0.262 e. The van der Waals surface area contributed by atoms with Crippen molar-refractivity contribution < 1.29 is 9.47 Å². The van der Waals surface area contributed by atoms with Crippen LogP contribution in [0.3, 0.4) is 0 Å². The summed E-state index contributed by atoms with van der Waals surface area (Å²) in [5.41, 5.74) is 3.12. The molecule has 0 saturated carbocycles. The van der Waals surface area contributed by atoms with Crippen molar-refractivity contribution in [1.82, 2.24) is 9.55 Å². The second kappa shape index (κ2) is 9.01. The lowest BCUT2D eigenvalue weighted by Gasteiger charge is -2.16. The van der Waals surface area contributed by atoms with Crippen LogP contribution in [-0.4, -0.2) is 34.6 Å². The molecule has 0 N–H and O–H groups in total. The summed E-state index contributed by atoms with van der Waals surface area (Å²) in [6, 6.07) is 13.7. The van der Waals surface area contributed by atoms with Crippen LogP contribution in [0, 0.1) is 13.8 Å². The van der Waals surface area contributed by atoms with Gasteiger partial charge in [-0.05, 0) is 62.1 Å². The lowest BCUT2D eigenvalue weighted by molar-refractivity contribution is 0.0937. The summed E-state index contributed by atoms with van der Waals surface area (Å²) in [7, 11) is 0. The maximum absolute atomic E-state index is 13.1. The molecule has 0 unspecified atom stereocenters.